The van der Waals surface area contributed by atoms with E-state index in [9.17, 15) is 31.6 Å². The van der Waals surface area contributed by atoms with E-state index in [-0.39, 0.29) is 36.2 Å². The van der Waals surface area contributed by atoms with Gasteiger partial charge in [-0.1, -0.05) is 35.9 Å². The number of sulfonamides is 1. The summed E-state index contributed by atoms with van der Waals surface area (Å²) in [7, 11) is -4.00. The van der Waals surface area contributed by atoms with Gasteiger partial charge < -0.3 is 4.74 Å². The average molecular weight is 515 g/mol. The number of benzene rings is 2. The van der Waals surface area contributed by atoms with Gasteiger partial charge in [0.1, 0.15) is 0 Å². The van der Waals surface area contributed by atoms with Crippen molar-refractivity contribution in [1.29, 1.82) is 0 Å². The van der Waals surface area contributed by atoms with Gasteiger partial charge in [-0.15, -0.1) is 0 Å². The molecule has 1 amide bonds. The molecule has 11 heteroatoms. The van der Waals surface area contributed by atoms with Crippen molar-refractivity contribution < 1.29 is 36.3 Å². The van der Waals surface area contributed by atoms with Crippen LogP contribution in [0.2, 0.25) is 0 Å². The molecule has 0 radical (unpaired) electrons. The third kappa shape index (κ3) is 7.03. The molecule has 0 bridgehead atoms. The summed E-state index contributed by atoms with van der Waals surface area (Å²) in [6, 6.07) is 8.53. The predicted octanol–water partition coefficient (Wildman–Crippen LogP) is 4.22. The van der Waals surface area contributed by atoms with Gasteiger partial charge in [-0.3, -0.25) is 10.0 Å². The zero-order valence-electron chi connectivity index (χ0n) is 19.5. The lowest BCUT2D eigenvalue weighted by molar-refractivity contribution is -0.159. The van der Waals surface area contributed by atoms with Crippen molar-refractivity contribution in [3.05, 3.63) is 70.3 Å². The van der Waals surface area contributed by atoms with Crippen LogP contribution in [-0.2, 0) is 32.3 Å². The number of halogens is 3. The smallest absolute Gasteiger partial charge is 0.373 e. The number of alkyl halides is 3. The Bertz CT molecular complexity index is 1130. The summed E-state index contributed by atoms with van der Waals surface area (Å²) in [5.74, 6) is -0.752. The second-order valence-electron chi connectivity index (χ2n) is 8.74. The van der Waals surface area contributed by atoms with E-state index in [0.717, 1.165) is 34.9 Å². The highest BCUT2D eigenvalue weighted by Crippen LogP contribution is 2.32. The molecule has 1 aliphatic heterocycles. The van der Waals surface area contributed by atoms with E-state index < -0.39 is 33.6 Å². The average Bonchev–Trinajstić information content (AvgIpc) is 2.82. The highest BCUT2D eigenvalue weighted by molar-refractivity contribution is 7.89. The molecule has 2 aromatic carbocycles. The van der Waals surface area contributed by atoms with Crippen molar-refractivity contribution in [3.8, 4) is 0 Å². The molecule has 192 valence electrons. The zero-order chi connectivity index (χ0) is 25.8. The van der Waals surface area contributed by atoms with Crippen molar-refractivity contribution in [2.24, 2.45) is 0 Å². The molecule has 0 aromatic heterocycles. The molecule has 1 atom stereocenters. The SMILES string of the molecule is Cc1ccc(C)c(COC2CCN(S(=O)(=O)C[C@@H](c3cccc(C(F)(F)F)c3)N(O)C=O)CC2)c1. The van der Waals surface area contributed by atoms with Crippen LogP contribution in [0.25, 0.3) is 0 Å². The number of hydrogen-bond donors (Lipinski definition) is 1. The topological polar surface area (TPSA) is 87.2 Å². The second-order valence-corrected chi connectivity index (χ2v) is 10.8. The van der Waals surface area contributed by atoms with Gasteiger partial charge in [0.05, 0.1) is 30.1 Å². The molecule has 1 aliphatic rings. The van der Waals surface area contributed by atoms with Crippen molar-refractivity contribution in [1.82, 2.24) is 9.37 Å². The Morgan fingerprint density at radius 1 is 1.17 bits per heavy atom. The minimum absolute atomic E-state index is 0.0200. The van der Waals surface area contributed by atoms with Crippen LogP contribution in [-0.4, -0.2) is 54.3 Å². The number of aryl methyl sites for hydroxylation is 2. The first-order valence-electron chi connectivity index (χ1n) is 11.2. The molecule has 0 saturated carbocycles. The normalized spacial score (nSPS) is 16.7. The molecule has 7 nitrogen and oxygen atoms in total. The third-order valence-electron chi connectivity index (χ3n) is 6.17. The Kier molecular flexibility index (Phi) is 8.58. The van der Waals surface area contributed by atoms with E-state index >= 15 is 0 Å². The molecule has 35 heavy (non-hydrogen) atoms. The third-order valence-corrected chi connectivity index (χ3v) is 8.06. The van der Waals surface area contributed by atoms with Crippen LogP contribution in [0.5, 0.6) is 0 Å². The number of ether oxygens (including phenoxy) is 1. The van der Waals surface area contributed by atoms with Gasteiger partial charge in [0.25, 0.3) is 0 Å². The minimum Gasteiger partial charge on any atom is -0.373 e. The summed E-state index contributed by atoms with van der Waals surface area (Å²) in [6.07, 6.45) is -3.90. The lowest BCUT2D eigenvalue weighted by Crippen LogP contribution is -2.44. The van der Waals surface area contributed by atoms with Gasteiger partial charge in [-0.2, -0.15) is 13.2 Å². The van der Waals surface area contributed by atoms with E-state index in [1.807, 2.05) is 26.0 Å². The fourth-order valence-corrected chi connectivity index (χ4v) is 5.79. The number of carbonyl (C=O) groups is 1. The standard InChI is InChI=1S/C24H29F3N2O5S/c1-17-6-7-18(2)20(12-17)14-34-22-8-10-28(11-9-22)35(32,33)15-23(29(31)16-30)19-4-3-5-21(13-19)24(25,26)27/h3-7,12-13,16,22-23,31H,8-11,14-15H2,1-2H3/t23-/m0/s1. The Hall–Kier alpha value is -2.47. The Morgan fingerprint density at radius 2 is 1.86 bits per heavy atom. The lowest BCUT2D eigenvalue weighted by Gasteiger charge is -2.33. The van der Waals surface area contributed by atoms with Crippen LogP contribution in [0.15, 0.2) is 42.5 Å². The molecular weight excluding hydrogens is 485 g/mol. The summed E-state index contributed by atoms with van der Waals surface area (Å²) in [6.45, 7) is 4.75. The first-order chi connectivity index (χ1) is 16.4. The molecule has 0 unspecified atom stereocenters. The summed E-state index contributed by atoms with van der Waals surface area (Å²) in [4.78, 5) is 11.2. The van der Waals surface area contributed by atoms with Crippen molar-refractivity contribution in [2.75, 3.05) is 18.8 Å². The van der Waals surface area contributed by atoms with E-state index in [2.05, 4.69) is 6.07 Å². The zero-order valence-corrected chi connectivity index (χ0v) is 20.3. The van der Waals surface area contributed by atoms with Gasteiger partial charge in [-0.05, 0) is 55.5 Å². The van der Waals surface area contributed by atoms with Crippen LogP contribution in [0, 0.1) is 13.8 Å². The van der Waals surface area contributed by atoms with E-state index in [1.54, 1.807) is 0 Å². The molecular formula is C24H29F3N2O5S. The number of nitrogens with zero attached hydrogens (tertiary/aromatic N) is 2. The van der Waals surface area contributed by atoms with Gasteiger partial charge >= 0.3 is 6.18 Å². The Morgan fingerprint density at radius 3 is 2.49 bits per heavy atom. The molecule has 1 heterocycles. The summed E-state index contributed by atoms with van der Waals surface area (Å²) >= 11 is 0. The second kappa shape index (κ2) is 11.1. The number of rotatable bonds is 9. The fraction of sp³-hybridized carbons (Fsp3) is 0.458. The Labute approximate surface area is 203 Å². The van der Waals surface area contributed by atoms with E-state index in [1.165, 1.54) is 10.4 Å². The van der Waals surface area contributed by atoms with Crippen LogP contribution in [0.3, 0.4) is 0 Å². The molecule has 1 N–H and O–H groups in total. The summed E-state index contributed by atoms with van der Waals surface area (Å²) in [5.41, 5.74) is 2.17. The van der Waals surface area contributed by atoms with Gasteiger partial charge in [0, 0.05) is 13.1 Å². The van der Waals surface area contributed by atoms with Crippen molar-refractivity contribution in [2.45, 2.75) is 51.6 Å². The van der Waals surface area contributed by atoms with Crippen LogP contribution >= 0.6 is 0 Å². The molecule has 0 spiro atoms. The maximum Gasteiger partial charge on any atom is 0.416 e. The summed E-state index contributed by atoms with van der Waals surface area (Å²) in [5, 5.41) is 10.1. The number of amides is 1. The van der Waals surface area contributed by atoms with Crippen LogP contribution in [0.4, 0.5) is 13.2 Å². The predicted molar refractivity (Wildman–Crippen MR) is 123 cm³/mol. The fourth-order valence-electron chi connectivity index (χ4n) is 4.07. The first-order valence-corrected chi connectivity index (χ1v) is 12.8. The molecule has 1 saturated heterocycles. The maximum atomic E-state index is 13.1. The van der Waals surface area contributed by atoms with Crippen molar-refractivity contribution in [3.63, 3.8) is 0 Å². The highest BCUT2D eigenvalue weighted by Gasteiger charge is 2.35. The number of piperidine rings is 1. The molecule has 1 fully saturated rings. The summed E-state index contributed by atoms with van der Waals surface area (Å²) < 4.78 is 72.6. The lowest BCUT2D eigenvalue weighted by atomic mass is 10.0. The van der Waals surface area contributed by atoms with Crippen molar-refractivity contribution >= 4 is 16.4 Å². The van der Waals surface area contributed by atoms with E-state index in [0.29, 0.717) is 19.4 Å². The van der Waals surface area contributed by atoms with Crippen LogP contribution < -0.4 is 0 Å². The maximum absolute atomic E-state index is 13.1. The van der Waals surface area contributed by atoms with E-state index in [4.69, 9.17) is 4.74 Å². The molecule has 2 aromatic rings. The first kappa shape index (κ1) is 27.1. The quantitative estimate of drug-likeness (QED) is 0.308. The number of hydroxylamine groups is 2. The van der Waals surface area contributed by atoms with Gasteiger partial charge in [-0.25, -0.2) is 17.8 Å². The monoisotopic (exact) mass is 514 g/mol. The highest BCUT2D eigenvalue weighted by atomic mass is 32.2. The largest absolute Gasteiger partial charge is 0.416 e. The van der Waals surface area contributed by atoms with Gasteiger partial charge in [0.2, 0.25) is 16.4 Å². The van der Waals surface area contributed by atoms with Gasteiger partial charge in [0.15, 0.2) is 0 Å². The molecule has 0 aliphatic carbocycles. The Balaban J connectivity index is 1.65. The minimum atomic E-state index is -4.65. The number of carbonyl (C=O) groups excluding carboxylic acids is 1. The number of hydrogen-bond acceptors (Lipinski definition) is 5. The molecule has 3 rings (SSSR count). The van der Waals surface area contributed by atoms with Crippen LogP contribution in [0.1, 0.15) is 46.7 Å².